The van der Waals surface area contributed by atoms with Gasteiger partial charge in [-0.25, -0.2) is 0 Å². The Hall–Kier alpha value is -2.28. The zero-order valence-corrected chi connectivity index (χ0v) is 19.0. The van der Waals surface area contributed by atoms with Gasteiger partial charge >= 0.3 is 0 Å². The van der Waals surface area contributed by atoms with Gasteiger partial charge in [0.2, 0.25) is 0 Å². The second kappa shape index (κ2) is 8.61. The predicted molar refractivity (Wildman–Crippen MR) is 127 cm³/mol. The van der Waals surface area contributed by atoms with E-state index < -0.39 is 0 Å². The number of rotatable bonds is 6. The van der Waals surface area contributed by atoms with E-state index in [0.29, 0.717) is 11.8 Å². The van der Waals surface area contributed by atoms with Gasteiger partial charge in [0.05, 0.1) is 0 Å². The summed E-state index contributed by atoms with van der Waals surface area (Å²) < 4.78 is 0. The fraction of sp³-hybridized carbons (Fsp3) is 0.429. The predicted octanol–water partition coefficient (Wildman–Crippen LogP) is 7.45. The topological polar surface area (TPSA) is 26.0 Å². The van der Waals surface area contributed by atoms with E-state index in [4.69, 9.17) is 5.73 Å². The first-order valence-electron chi connectivity index (χ1n) is 11.0. The van der Waals surface area contributed by atoms with Crippen LogP contribution in [0.2, 0.25) is 0 Å². The molecule has 1 aromatic carbocycles. The number of hydrogen-bond donors (Lipinski definition) is 1. The quantitative estimate of drug-likeness (QED) is 0.539. The molecule has 2 aliphatic rings. The Kier molecular flexibility index (Phi) is 6.36. The number of nitrogens with two attached hydrogens (primary N) is 1. The van der Waals surface area contributed by atoms with Gasteiger partial charge in [0.15, 0.2) is 0 Å². The largest absolute Gasteiger partial charge is 0.401 e. The molecule has 1 unspecified atom stereocenters. The fourth-order valence-corrected chi connectivity index (χ4v) is 4.77. The second-order valence-corrected chi connectivity index (χ2v) is 9.81. The summed E-state index contributed by atoms with van der Waals surface area (Å²) >= 11 is 0. The highest BCUT2D eigenvalue weighted by atomic mass is 14.6. The van der Waals surface area contributed by atoms with Crippen LogP contribution >= 0.6 is 0 Å². The summed E-state index contributed by atoms with van der Waals surface area (Å²) in [6.45, 7) is 13.8. The molecule has 154 valence electrons. The molecule has 1 nitrogen and oxygen atoms in total. The van der Waals surface area contributed by atoms with Crippen molar-refractivity contribution in [3.8, 4) is 0 Å². The lowest BCUT2D eigenvalue weighted by Gasteiger charge is -2.35. The molecule has 1 heteroatoms. The van der Waals surface area contributed by atoms with Gasteiger partial charge in [-0.3, -0.25) is 0 Å². The van der Waals surface area contributed by atoms with E-state index in [1.165, 1.54) is 27.9 Å². The zero-order valence-electron chi connectivity index (χ0n) is 19.0. The van der Waals surface area contributed by atoms with Gasteiger partial charge in [-0.2, -0.15) is 0 Å². The van der Waals surface area contributed by atoms with E-state index in [1.807, 2.05) is 0 Å². The van der Waals surface area contributed by atoms with Gasteiger partial charge in [0.1, 0.15) is 0 Å². The highest BCUT2D eigenvalue weighted by Crippen LogP contribution is 2.45. The molecular formula is C28H37N. The van der Waals surface area contributed by atoms with Gasteiger partial charge < -0.3 is 5.73 Å². The zero-order chi connectivity index (χ0) is 21.2. The first-order valence-corrected chi connectivity index (χ1v) is 11.0. The van der Waals surface area contributed by atoms with Crippen molar-refractivity contribution in [2.75, 3.05) is 0 Å². The monoisotopic (exact) mass is 387 g/mol. The molecule has 0 fully saturated rings. The normalized spacial score (nSPS) is 21.4. The van der Waals surface area contributed by atoms with E-state index in [0.717, 1.165) is 18.5 Å². The van der Waals surface area contributed by atoms with Crippen molar-refractivity contribution in [3.63, 3.8) is 0 Å². The van der Waals surface area contributed by atoms with Gasteiger partial charge in [0, 0.05) is 11.6 Å². The summed E-state index contributed by atoms with van der Waals surface area (Å²) in [5.41, 5.74) is 14.9. The third-order valence-electron chi connectivity index (χ3n) is 6.46. The molecule has 2 aliphatic carbocycles. The Morgan fingerprint density at radius 3 is 2.31 bits per heavy atom. The molecule has 0 saturated carbocycles. The standard InChI is InChI=1S/C28H37N/c1-19(2)23-16-17-24(26(20(3)4)27(23)29)25(21-12-8-7-9-13-21)18-28(5,6)22-14-10-11-15-22/h7-14,16-17,19-20,26H,15,18,29H2,1-6H3. The molecule has 0 bridgehead atoms. The minimum absolute atomic E-state index is 0.105. The Labute approximate surface area is 177 Å². The lowest BCUT2D eigenvalue weighted by Crippen LogP contribution is -2.26. The van der Waals surface area contributed by atoms with Crippen molar-refractivity contribution in [3.05, 3.63) is 88.7 Å². The fourth-order valence-electron chi connectivity index (χ4n) is 4.77. The molecule has 0 aliphatic heterocycles. The number of allylic oxidation sites excluding steroid dienone is 9. The summed E-state index contributed by atoms with van der Waals surface area (Å²) in [5, 5.41) is 0. The Bertz CT molecular complexity index is 886. The summed E-state index contributed by atoms with van der Waals surface area (Å²) in [4.78, 5) is 0. The van der Waals surface area contributed by atoms with Crippen LogP contribution in [0.4, 0.5) is 0 Å². The first-order chi connectivity index (χ1) is 13.7. The minimum Gasteiger partial charge on any atom is -0.401 e. The van der Waals surface area contributed by atoms with E-state index in [-0.39, 0.29) is 11.3 Å². The van der Waals surface area contributed by atoms with Crippen LogP contribution in [-0.2, 0) is 0 Å². The molecule has 29 heavy (non-hydrogen) atoms. The van der Waals surface area contributed by atoms with Crippen LogP contribution in [-0.4, -0.2) is 0 Å². The Balaban J connectivity index is 2.14. The molecule has 0 radical (unpaired) electrons. The summed E-state index contributed by atoms with van der Waals surface area (Å²) in [7, 11) is 0. The van der Waals surface area contributed by atoms with Crippen molar-refractivity contribution in [1.29, 1.82) is 0 Å². The molecule has 0 spiro atoms. The minimum atomic E-state index is 0.105. The first kappa shape index (κ1) is 21.4. The highest BCUT2D eigenvalue weighted by Gasteiger charge is 2.32. The van der Waals surface area contributed by atoms with Crippen LogP contribution in [0.1, 0.15) is 59.9 Å². The molecule has 3 rings (SSSR count). The van der Waals surface area contributed by atoms with Gasteiger partial charge in [-0.15, -0.1) is 0 Å². The second-order valence-electron chi connectivity index (χ2n) is 9.81. The lowest BCUT2D eigenvalue weighted by atomic mass is 9.71. The average Bonchev–Trinajstić information content (AvgIpc) is 3.22. The molecule has 0 aromatic heterocycles. The number of hydrogen-bond acceptors (Lipinski definition) is 1. The maximum Gasteiger partial charge on any atom is 0.0264 e. The third kappa shape index (κ3) is 4.50. The summed E-state index contributed by atoms with van der Waals surface area (Å²) in [6.07, 6.45) is 13.5. The van der Waals surface area contributed by atoms with E-state index in [9.17, 15) is 0 Å². The summed E-state index contributed by atoms with van der Waals surface area (Å²) in [5.74, 6) is 1.16. The van der Waals surface area contributed by atoms with Gasteiger partial charge in [0.25, 0.3) is 0 Å². The van der Waals surface area contributed by atoms with Crippen LogP contribution in [0.15, 0.2) is 83.1 Å². The van der Waals surface area contributed by atoms with Crippen molar-refractivity contribution >= 4 is 5.57 Å². The van der Waals surface area contributed by atoms with E-state index in [1.54, 1.807) is 0 Å². The van der Waals surface area contributed by atoms with Crippen molar-refractivity contribution in [2.45, 2.75) is 54.4 Å². The maximum atomic E-state index is 6.79. The Morgan fingerprint density at radius 2 is 1.76 bits per heavy atom. The summed E-state index contributed by atoms with van der Waals surface area (Å²) in [6, 6.07) is 10.9. The third-order valence-corrected chi connectivity index (χ3v) is 6.46. The molecule has 0 amide bonds. The molecule has 0 saturated heterocycles. The lowest BCUT2D eigenvalue weighted by molar-refractivity contribution is 0.447. The van der Waals surface area contributed by atoms with Crippen LogP contribution < -0.4 is 5.73 Å². The smallest absolute Gasteiger partial charge is 0.0264 e. The van der Waals surface area contributed by atoms with Gasteiger partial charge in [-0.1, -0.05) is 108 Å². The molecule has 0 heterocycles. The molecule has 1 atom stereocenters. The molecular weight excluding hydrogens is 350 g/mol. The Morgan fingerprint density at radius 1 is 1.07 bits per heavy atom. The van der Waals surface area contributed by atoms with E-state index in [2.05, 4.69) is 102 Å². The van der Waals surface area contributed by atoms with Crippen molar-refractivity contribution < 1.29 is 0 Å². The van der Waals surface area contributed by atoms with Gasteiger partial charge in [-0.05, 0) is 52.4 Å². The van der Waals surface area contributed by atoms with Crippen LogP contribution in [0, 0.1) is 23.2 Å². The van der Waals surface area contributed by atoms with Crippen molar-refractivity contribution in [1.82, 2.24) is 0 Å². The van der Waals surface area contributed by atoms with E-state index >= 15 is 0 Å². The highest BCUT2D eigenvalue weighted by molar-refractivity contribution is 5.74. The van der Waals surface area contributed by atoms with Crippen molar-refractivity contribution in [2.24, 2.45) is 28.9 Å². The molecule has 1 aromatic rings. The van der Waals surface area contributed by atoms with Crippen LogP contribution in [0.3, 0.4) is 0 Å². The average molecular weight is 388 g/mol. The maximum absolute atomic E-state index is 6.79. The van der Waals surface area contributed by atoms with Crippen LogP contribution in [0.25, 0.3) is 5.57 Å². The van der Waals surface area contributed by atoms with Crippen LogP contribution in [0.5, 0.6) is 0 Å². The SMILES string of the molecule is CC(C)C1=C(N)C(C(C)C)C(=C(CC(C)(C)C2=CC=CC2)c2ccccc2)C=C1. The number of benzene rings is 1. The molecule has 2 N–H and O–H groups in total.